The molecule has 6 heteroatoms. The molecular weight excluding hydrogens is 224 g/mol. The van der Waals surface area contributed by atoms with Gasteiger partial charge in [-0.25, -0.2) is 9.89 Å². The average molecular weight is 244 g/mol. The lowest BCUT2D eigenvalue weighted by Gasteiger charge is -2.10. The van der Waals surface area contributed by atoms with Gasteiger partial charge in [-0.2, -0.15) is 0 Å². The van der Waals surface area contributed by atoms with Gasteiger partial charge in [0.25, 0.3) is 0 Å². The molecule has 0 spiro atoms. The first-order valence-corrected chi connectivity index (χ1v) is 6.58. The van der Waals surface area contributed by atoms with E-state index in [9.17, 15) is 4.79 Å². The van der Waals surface area contributed by atoms with Crippen LogP contribution in [0.25, 0.3) is 0 Å². The van der Waals surface area contributed by atoms with Gasteiger partial charge in [0.05, 0.1) is 0 Å². The third-order valence-corrected chi connectivity index (χ3v) is 3.61. The van der Waals surface area contributed by atoms with Gasteiger partial charge in [-0.1, -0.05) is 25.6 Å². The first kappa shape index (κ1) is 13.3. The highest BCUT2D eigenvalue weighted by Gasteiger charge is 2.07. The van der Waals surface area contributed by atoms with Gasteiger partial charge in [-0.3, -0.25) is 4.57 Å². The molecule has 0 aromatic carbocycles. The molecule has 1 aromatic heterocycles. The van der Waals surface area contributed by atoms with Crippen molar-refractivity contribution in [2.24, 2.45) is 13.0 Å². The minimum absolute atomic E-state index is 0.153. The zero-order chi connectivity index (χ0) is 12.0. The molecule has 92 valence electrons. The van der Waals surface area contributed by atoms with Gasteiger partial charge in [0.15, 0.2) is 5.16 Å². The number of nitrogens with zero attached hydrogens (tertiary/aromatic N) is 2. The van der Waals surface area contributed by atoms with Crippen LogP contribution >= 0.6 is 11.8 Å². The summed E-state index contributed by atoms with van der Waals surface area (Å²) < 4.78 is 1.54. The van der Waals surface area contributed by atoms with E-state index in [1.807, 2.05) is 0 Å². The summed E-state index contributed by atoms with van der Waals surface area (Å²) in [6, 6.07) is 0. The molecule has 0 aliphatic carbocycles. The molecular formula is C10H20N4OS. The molecule has 0 saturated carbocycles. The molecule has 1 atom stereocenters. The second-order valence-electron chi connectivity index (χ2n) is 3.99. The van der Waals surface area contributed by atoms with Gasteiger partial charge < -0.3 is 5.32 Å². The van der Waals surface area contributed by atoms with Crippen LogP contribution in [0.15, 0.2) is 9.95 Å². The Morgan fingerprint density at radius 2 is 2.38 bits per heavy atom. The van der Waals surface area contributed by atoms with Crippen molar-refractivity contribution in [3.05, 3.63) is 10.5 Å². The Balaban J connectivity index is 2.29. The van der Waals surface area contributed by atoms with E-state index in [-0.39, 0.29) is 5.69 Å². The molecule has 0 fully saturated rings. The fraction of sp³-hybridized carbons (Fsp3) is 0.800. The summed E-state index contributed by atoms with van der Waals surface area (Å²) in [6.45, 7) is 6.43. The zero-order valence-electron chi connectivity index (χ0n) is 10.1. The quantitative estimate of drug-likeness (QED) is 0.551. The number of aromatic nitrogens is 3. The number of hydrogen-bond acceptors (Lipinski definition) is 4. The number of rotatable bonds is 7. The lowest BCUT2D eigenvalue weighted by molar-refractivity contribution is 0.556. The summed E-state index contributed by atoms with van der Waals surface area (Å²) >= 11 is 1.61. The van der Waals surface area contributed by atoms with Crippen molar-refractivity contribution in [2.45, 2.75) is 25.4 Å². The van der Waals surface area contributed by atoms with Gasteiger partial charge in [-0.15, -0.1) is 5.10 Å². The summed E-state index contributed by atoms with van der Waals surface area (Å²) in [5.74, 6) is 1.54. The molecule has 2 N–H and O–H groups in total. The molecule has 1 rings (SSSR count). The second kappa shape index (κ2) is 6.75. The van der Waals surface area contributed by atoms with E-state index in [1.54, 1.807) is 18.8 Å². The van der Waals surface area contributed by atoms with E-state index < -0.39 is 0 Å². The predicted molar refractivity (Wildman–Crippen MR) is 66.9 cm³/mol. The molecule has 0 saturated heterocycles. The lowest BCUT2D eigenvalue weighted by atomic mass is 10.2. The van der Waals surface area contributed by atoms with E-state index in [0.717, 1.165) is 30.4 Å². The van der Waals surface area contributed by atoms with Crippen molar-refractivity contribution in [3.8, 4) is 0 Å². The Bertz CT molecular complexity index is 360. The van der Waals surface area contributed by atoms with Crippen LogP contribution in [0.5, 0.6) is 0 Å². The Morgan fingerprint density at radius 3 is 2.94 bits per heavy atom. The molecule has 0 amide bonds. The van der Waals surface area contributed by atoms with Crippen LogP contribution < -0.4 is 11.0 Å². The van der Waals surface area contributed by atoms with Crippen LogP contribution in [0.4, 0.5) is 0 Å². The van der Waals surface area contributed by atoms with Crippen LogP contribution in [0.1, 0.15) is 20.3 Å². The van der Waals surface area contributed by atoms with Crippen LogP contribution in [0, 0.1) is 5.92 Å². The standard InChI is InChI=1S/C10H20N4OS/c1-4-5-11-6-8(2)7-16-10-13-12-9(15)14(10)3/h8,11H,4-7H2,1-3H3,(H,12,15). The maximum atomic E-state index is 11.1. The molecule has 16 heavy (non-hydrogen) atoms. The van der Waals surface area contributed by atoms with E-state index in [4.69, 9.17) is 0 Å². The summed E-state index contributed by atoms with van der Waals surface area (Å²) in [4.78, 5) is 11.1. The molecule has 0 aliphatic heterocycles. The molecule has 1 unspecified atom stereocenters. The number of hydrogen-bond donors (Lipinski definition) is 2. The second-order valence-corrected chi connectivity index (χ2v) is 4.98. The Morgan fingerprint density at radius 1 is 1.62 bits per heavy atom. The fourth-order valence-electron chi connectivity index (χ4n) is 1.26. The normalized spacial score (nSPS) is 12.9. The maximum absolute atomic E-state index is 11.1. The number of H-pyrrole nitrogens is 1. The van der Waals surface area contributed by atoms with Gasteiger partial charge >= 0.3 is 5.69 Å². The number of thioether (sulfide) groups is 1. The summed E-state index contributed by atoms with van der Waals surface area (Å²) in [5, 5.41) is 10.5. The minimum atomic E-state index is -0.153. The van der Waals surface area contributed by atoms with Crippen molar-refractivity contribution in [2.75, 3.05) is 18.8 Å². The van der Waals surface area contributed by atoms with Crippen LogP contribution in [-0.4, -0.2) is 33.6 Å². The highest BCUT2D eigenvalue weighted by molar-refractivity contribution is 7.99. The van der Waals surface area contributed by atoms with Crippen molar-refractivity contribution < 1.29 is 0 Å². The summed E-state index contributed by atoms with van der Waals surface area (Å²) in [6.07, 6.45) is 1.16. The monoisotopic (exact) mass is 244 g/mol. The van der Waals surface area contributed by atoms with Gasteiger partial charge in [0.2, 0.25) is 0 Å². The van der Waals surface area contributed by atoms with Gasteiger partial charge in [0, 0.05) is 12.8 Å². The third kappa shape index (κ3) is 4.02. The maximum Gasteiger partial charge on any atom is 0.343 e. The van der Waals surface area contributed by atoms with Gasteiger partial charge in [0.1, 0.15) is 0 Å². The van der Waals surface area contributed by atoms with E-state index in [0.29, 0.717) is 5.92 Å². The van der Waals surface area contributed by atoms with Gasteiger partial charge in [-0.05, 0) is 25.4 Å². The zero-order valence-corrected chi connectivity index (χ0v) is 10.9. The van der Waals surface area contributed by atoms with E-state index in [2.05, 4.69) is 29.4 Å². The molecule has 0 bridgehead atoms. The largest absolute Gasteiger partial charge is 0.343 e. The predicted octanol–water partition coefficient (Wildman–Crippen LogP) is 0.836. The molecule has 0 radical (unpaired) electrons. The number of aromatic amines is 1. The molecule has 0 aliphatic rings. The number of nitrogens with one attached hydrogen (secondary N) is 2. The van der Waals surface area contributed by atoms with Crippen molar-refractivity contribution in [3.63, 3.8) is 0 Å². The van der Waals surface area contributed by atoms with Crippen molar-refractivity contribution >= 4 is 11.8 Å². The van der Waals surface area contributed by atoms with Crippen molar-refractivity contribution in [1.29, 1.82) is 0 Å². The Hall–Kier alpha value is -0.750. The Labute approximate surface area is 100 Å². The minimum Gasteiger partial charge on any atom is -0.316 e. The first-order chi connectivity index (χ1) is 7.65. The summed E-state index contributed by atoms with van der Waals surface area (Å²) in [7, 11) is 1.73. The molecule has 1 aromatic rings. The first-order valence-electron chi connectivity index (χ1n) is 5.60. The smallest absolute Gasteiger partial charge is 0.316 e. The van der Waals surface area contributed by atoms with E-state index >= 15 is 0 Å². The topological polar surface area (TPSA) is 62.7 Å². The summed E-state index contributed by atoms with van der Waals surface area (Å²) in [5.41, 5.74) is -0.153. The molecule has 5 nitrogen and oxygen atoms in total. The SMILES string of the molecule is CCCNCC(C)CSc1n[nH]c(=O)n1C. The average Bonchev–Trinajstić information content (AvgIpc) is 2.58. The van der Waals surface area contributed by atoms with Crippen LogP contribution in [-0.2, 0) is 7.05 Å². The van der Waals surface area contributed by atoms with Crippen molar-refractivity contribution in [1.82, 2.24) is 20.1 Å². The fourth-order valence-corrected chi connectivity index (χ4v) is 2.20. The molecule has 1 heterocycles. The van der Waals surface area contributed by atoms with E-state index in [1.165, 1.54) is 4.57 Å². The lowest BCUT2D eigenvalue weighted by Crippen LogP contribution is -2.23. The highest BCUT2D eigenvalue weighted by atomic mass is 32.2. The Kier molecular flexibility index (Phi) is 5.62. The van der Waals surface area contributed by atoms with Crippen LogP contribution in [0.2, 0.25) is 0 Å². The third-order valence-electron chi connectivity index (χ3n) is 2.26. The van der Waals surface area contributed by atoms with Crippen LogP contribution in [0.3, 0.4) is 0 Å². The highest BCUT2D eigenvalue weighted by Crippen LogP contribution is 2.15.